The highest BCUT2D eigenvalue weighted by Gasteiger charge is 2.24. The van der Waals surface area contributed by atoms with Crippen LogP contribution in [0.5, 0.6) is 0 Å². The summed E-state index contributed by atoms with van der Waals surface area (Å²) >= 11 is 5.75. The monoisotopic (exact) mass is 267 g/mol. The normalized spacial score (nSPS) is 23.7. The Morgan fingerprint density at radius 3 is 2.89 bits per heavy atom. The third kappa shape index (κ3) is 3.24. The quantitative estimate of drug-likeness (QED) is 0.827. The Morgan fingerprint density at radius 1 is 1.39 bits per heavy atom. The van der Waals surface area contributed by atoms with Crippen LogP contribution in [0.3, 0.4) is 0 Å². The summed E-state index contributed by atoms with van der Waals surface area (Å²) < 4.78 is 0. The number of amides is 1. The van der Waals surface area contributed by atoms with Gasteiger partial charge in [0, 0.05) is 11.4 Å². The van der Waals surface area contributed by atoms with Crippen molar-refractivity contribution in [3.05, 3.63) is 35.4 Å². The number of benzene rings is 1. The van der Waals surface area contributed by atoms with Crippen molar-refractivity contribution >= 4 is 17.5 Å². The van der Waals surface area contributed by atoms with Gasteiger partial charge in [0.15, 0.2) is 0 Å². The fraction of sp³-hybridized carbons (Fsp3) is 0.500. The number of hydrogen-bond acceptors (Lipinski definition) is 2. The predicted molar refractivity (Wildman–Crippen MR) is 71.7 cm³/mol. The van der Waals surface area contributed by atoms with Crippen molar-refractivity contribution in [3.8, 4) is 0 Å². The highest BCUT2D eigenvalue weighted by atomic mass is 35.5. The van der Waals surface area contributed by atoms with Gasteiger partial charge in [0.2, 0.25) is 0 Å². The Hall–Kier alpha value is -1.06. The van der Waals surface area contributed by atoms with Crippen molar-refractivity contribution in [1.29, 1.82) is 0 Å². The van der Waals surface area contributed by atoms with Crippen LogP contribution in [-0.4, -0.2) is 23.2 Å². The first kappa shape index (κ1) is 13.4. The molecule has 1 aromatic carbocycles. The molecule has 0 unspecified atom stereocenters. The average Bonchev–Trinajstić information content (AvgIpc) is 2.41. The number of hydrogen-bond donors (Lipinski definition) is 2. The van der Waals surface area contributed by atoms with Crippen LogP contribution in [0.1, 0.15) is 41.6 Å². The maximum absolute atomic E-state index is 12.1. The van der Waals surface area contributed by atoms with Gasteiger partial charge in [-0.1, -0.05) is 25.0 Å². The molecule has 2 atom stereocenters. The number of carbonyl (C=O) groups excluding carboxylic acids is 1. The van der Waals surface area contributed by atoms with E-state index in [2.05, 4.69) is 5.32 Å². The SMILES string of the molecule is O=C(N[C@@H]1CCCC[C@H]1O)c1cccc(CCl)c1. The molecule has 1 aliphatic carbocycles. The van der Waals surface area contributed by atoms with Gasteiger partial charge in [-0.3, -0.25) is 4.79 Å². The second-order valence-corrected chi connectivity index (χ2v) is 5.03. The van der Waals surface area contributed by atoms with E-state index < -0.39 is 6.10 Å². The third-order valence-corrected chi connectivity index (χ3v) is 3.70. The minimum atomic E-state index is -0.418. The highest BCUT2D eigenvalue weighted by Crippen LogP contribution is 2.19. The van der Waals surface area contributed by atoms with Crippen molar-refractivity contribution in [1.82, 2.24) is 5.32 Å². The van der Waals surface area contributed by atoms with Crippen LogP contribution in [0.15, 0.2) is 24.3 Å². The van der Waals surface area contributed by atoms with E-state index in [1.165, 1.54) is 0 Å². The number of nitrogens with one attached hydrogen (secondary N) is 1. The standard InChI is InChI=1S/C14H18ClNO2/c15-9-10-4-3-5-11(8-10)14(18)16-12-6-1-2-7-13(12)17/h3-5,8,12-13,17H,1-2,6-7,9H2,(H,16,18)/t12-,13-/m1/s1. The van der Waals surface area contributed by atoms with E-state index in [4.69, 9.17) is 11.6 Å². The molecule has 1 fully saturated rings. The second kappa shape index (κ2) is 6.21. The maximum Gasteiger partial charge on any atom is 0.251 e. The number of halogens is 1. The van der Waals surface area contributed by atoms with Gasteiger partial charge < -0.3 is 10.4 Å². The summed E-state index contributed by atoms with van der Waals surface area (Å²) in [4.78, 5) is 12.1. The summed E-state index contributed by atoms with van der Waals surface area (Å²) in [6.07, 6.45) is 3.30. The molecule has 0 aliphatic heterocycles. The second-order valence-electron chi connectivity index (χ2n) is 4.77. The Labute approximate surface area is 112 Å². The summed E-state index contributed by atoms with van der Waals surface area (Å²) in [6.45, 7) is 0. The number of rotatable bonds is 3. The zero-order chi connectivity index (χ0) is 13.0. The molecule has 1 amide bonds. The number of alkyl halides is 1. The molecule has 1 saturated carbocycles. The topological polar surface area (TPSA) is 49.3 Å². The summed E-state index contributed by atoms with van der Waals surface area (Å²) in [5.74, 6) is 0.264. The summed E-state index contributed by atoms with van der Waals surface area (Å²) in [6, 6.07) is 7.15. The van der Waals surface area contributed by atoms with Gasteiger partial charge in [0.25, 0.3) is 5.91 Å². The maximum atomic E-state index is 12.1. The molecule has 98 valence electrons. The van der Waals surface area contributed by atoms with E-state index in [-0.39, 0.29) is 11.9 Å². The first-order valence-corrected chi connectivity index (χ1v) is 6.88. The molecule has 2 rings (SSSR count). The highest BCUT2D eigenvalue weighted by molar-refractivity contribution is 6.17. The molecule has 0 heterocycles. The van der Waals surface area contributed by atoms with E-state index in [0.29, 0.717) is 11.4 Å². The summed E-state index contributed by atoms with van der Waals surface area (Å²) in [5.41, 5.74) is 1.53. The minimum absolute atomic E-state index is 0.120. The molecule has 3 nitrogen and oxygen atoms in total. The fourth-order valence-electron chi connectivity index (χ4n) is 2.33. The molecule has 18 heavy (non-hydrogen) atoms. The number of aliphatic hydroxyl groups is 1. The van der Waals surface area contributed by atoms with Gasteiger partial charge >= 0.3 is 0 Å². The zero-order valence-corrected chi connectivity index (χ0v) is 11.0. The summed E-state index contributed by atoms with van der Waals surface area (Å²) in [5, 5.41) is 12.7. The third-order valence-electron chi connectivity index (χ3n) is 3.39. The molecule has 0 spiro atoms. The van der Waals surface area contributed by atoms with Crippen LogP contribution in [0, 0.1) is 0 Å². The Kier molecular flexibility index (Phi) is 4.61. The van der Waals surface area contributed by atoms with E-state index in [0.717, 1.165) is 31.2 Å². The van der Waals surface area contributed by atoms with E-state index in [1.54, 1.807) is 12.1 Å². The van der Waals surface area contributed by atoms with E-state index in [1.807, 2.05) is 12.1 Å². The lowest BCUT2D eigenvalue weighted by Gasteiger charge is -2.28. The molecular formula is C14H18ClNO2. The van der Waals surface area contributed by atoms with Gasteiger partial charge in [0.05, 0.1) is 12.1 Å². The van der Waals surface area contributed by atoms with Crippen molar-refractivity contribution in [2.45, 2.75) is 43.7 Å². The number of carbonyl (C=O) groups is 1. The molecule has 0 aromatic heterocycles. The molecule has 0 saturated heterocycles. The zero-order valence-electron chi connectivity index (χ0n) is 10.2. The van der Waals surface area contributed by atoms with Crippen molar-refractivity contribution in [2.24, 2.45) is 0 Å². The fourth-order valence-corrected chi connectivity index (χ4v) is 2.49. The lowest BCUT2D eigenvalue weighted by atomic mass is 9.92. The molecule has 2 N–H and O–H groups in total. The van der Waals surface area contributed by atoms with E-state index in [9.17, 15) is 9.90 Å². The molecule has 1 aromatic rings. The van der Waals surface area contributed by atoms with Gasteiger partial charge in [-0.15, -0.1) is 11.6 Å². The molecule has 1 aliphatic rings. The van der Waals surface area contributed by atoms with Crippen molar-refractivity contribution in [2.75, 3.05) is 0 Å². The first-order chi connectivity index (χ1) is 8.70. The van der Waals surface area contributed by atoms with Gasteiger partial charge in [-0.25, -0.2) is 0 Å². The lowest BCUT2D eigenvalue weighted by molar-refractivity contribution is 0.0717. The smallest absolute Gasteiger partial charge is 0.251 e. The molecule has 0 radical (unpaired) electrons. The average molecular weight is 268 g/mol. The van der Waals surface area contributed by atoms with Gasteiger partial charge in [-0.05, 0) is 30.5 Å². The van der Waals surface area contributed by atoms with Gasteiger partial charge in [-0.2, -0.15) is 0 Å². The number of aliphatic hydroxyl groups excluding tert-OH is 1. The Balaban J connectivity index is 2.02. The molecular weight excluding hydrogens is 250 g/mol. The summed E-state index contributed by atoms with van der Waals surface area (Å²) in [7, 11) is 0. The molecule has 0 bridgehead atoms. The lowest BCUT2D eigenvalue weighted by Crippen LogP contribution is -2.45. The van der Waals surface area contributed by atoms with Crippen molar-refractivity contribution in [3.63, 3.8) is 0 Å². The first-order valence-electron chi connectivity index (χ1n) is 6.34. The van der Waals surface area contributed by atoms with Crippen LogP contribution < -0.4 is 5.32 Å². The predicted octanol–water partition coefficient (Wildman–Crippen LogP) is 2.46. The minimum Gasteiger partial charge on any atom is -0.391 e. The van der Waals surface area contributed by atoms with Crippen LogP contribution in [0.2, 0.25) is 0 Å². The van der Waals surface area contributed by atoms with Crippen LogP contribution in [0.25, 0.3) is 0 Å². The van der Waals surface area contributed by atoms with Crippen LogP contribution in [-0.2, 0) is 5.88 Å². The van der Waals surface area contributed by atoms with Crippen LogP contribution in [0.4, 0.5) is 0 Å². The Morgan fingerprint density at radius 2 is 2.17 bits per heavy atom. The Bertz CT molecular complexity index is 422. The molecule has 4 heteroatoms. The van der Waals surface area contributed by atoms with Gasteiger partial charge in [0.1, 0.15) is 0 Å². The van der Waals surface area contributed by atoms with Crippen molar-refractivity contribution < 1.29 is 9.90 Å². The van der Waals surface area contributed by atoms with E-state index >= 15 is 0 Å². The largest absolute Gasteiger partial charge is 0.391 e. The van der Waals surface area contributed by atoms with Crippen LogP contribution >= 0.6 is 11.6 Å².